The van der Waals surface area contributed by atoms with Crippen LogP contribution in [0.3, 0.4) is 0 Å². The summed E-state index contributed by atoms with van der Waals surface area (Å²) in [6.45, 7) is 6.82. The van der Waals surface area contributed by atoms with Crippen LogP contribution < -0.4 is 5.32 Å². The number of nitrogens with one attached hydrogen (secondary N) is 1. The molecule has 6 heteroatoms. The van der Waals surface area contributed by atoms with Gasteiger partial charge in [-0.3, -0.25) is 4.79 Å². The summed E-state index contributed by atoms with van der Waals surface area (Å²) >= 11 is 5.55. The molecule has 1 N–H and O–H groups in total. The van der Waals surface area contributed by atoms with Gasteiger partial charge in [-0.05, 0) is 49.3 Å². The number of piperazine rings is 1. The molecule has 0 saturated carbocycles. The third-order valence-electron chi connectivity index (χ3n) is 4.30. The lowest BCUT2D eigenvalue weighted by atomic mass is 10.1. The number of aryl methyl sites for hydroxylation is 2. The molecule has 2 heterocycles. The molecule has 0 aliphatic carbocycles. The van der Waals surface area contributed by atoms with Crippen LogP contribution in [0.25, 0.3) is 0 Å². The largest absolute Gasteiger partial charge is 0.459 e. The van der Waals surface area contributed by atoms with Crippen LogP contribution in [-0.2, 0) is 0 Å². The highest BCUT2D eigenvalue weighted by Crippen LogP contribution is 2.20. The van der Waals surface area contributed by atoms with Crippen molar-refractivity contribution in [3.05, 3.63) is 53.5 Å². The number of benzene rings is 1. The number of hydrogen-bond donors (Lipinski definition) is 1. The minimum Gasteiger partial charge on any atom is -0.459 e. The third-order valence-corrected chi connectivity index (χ3v) is 4.66. The van der Waals surface area contributed by atoms with E-state index in [0.717, 1.165) is 5.69 Å². The molecule has 24 heavy (non-hydrogen) atoms. The lowest BCUT2D eigenvalue weighted by molar-refractivity contribution is 0.0661. The number of furan rings is 1. The van der Waals surface area contributed by atoms with Gasteiger partial charge in [-0.25, -0.2) is 0 Å². The zero-order valence-corrected chi connectivity index (χ0v) is 14.7. The molecule has 3 rings (SSSR count). The number of para-hydroxylation sites is 1. The molecule has 0 spiro atoms. The van der Waals surface area contributed by atoms with E-state index in [-0.39, 0.29) is 5.91 Å². The number of anilines is 1. The maximum atomic E-state index is 12.3. The standard InChI is InChI=1S/C18H21N3O2S/c1-13-5-3-6-14(2)16(13)19-18(24)21-10-8-20(9-11-21)17(22)15-7-4-12-23-15/h3-7,12H,8-11H2,1-2H3,(H,19,24). The Labute approximate surface area is 147 Å². The first-order valence-corrected chi connectivity index (χ1v) is 8.42. The molecular weight excluding hydrogens is 322 g/mol. The number of amides is 1. The summed E-state index contributed by atoms with van der Waals surface area (Å²) in [5, 5.41) is 4.06. The lowest BCUT2D eigenvalue weighted by Gasteiger charge is -2.36. The first-order valence-electron chi connectivity index (χ1n) is 8.01. The van der Waals surface area contributed by atoms with Crippen molar-refractivity contribution in [3.8, 4) is 0 Å². The van der Waals surface area contributed by atoms with Gasteiger partial charge in [0.1, 0.15) is 0 Å². The predicted octanol–water partition coefficient (Wildman–Crippen LogP) is 3.05. The highest BCUT2D eigenvalue weighted by molar-refractivity contribution is 7.80. The number of thiocarbonyl (C=S) groups is 1. The second-order valence-corrected chi connectivity index (χ2v) is 6.34. The zero-order chi connectivity index (χ0) is 17.1. The van der Waals surface area contributed by atoms with E-state index in [1.807, 2.05) is 6.07 Å². The van der Waals surface area contributed by atoms with E-state index in [1.54, 1.807) is 17.0 Å². The van der Waals surface area contributed by atoms with E-state index in [1.165, 1.54) is 17.4 Å². The van der Waals surface area contributed by atoms with Gasteiger partial charge >= 0.3 is 0 Å². The molecule has 1 saturated heterocycles. The Morgan fingerprint density at radius 1 is 1.04 bits per heavy atom. The number of rotatable bonds is 2. The summed E-state index contributed by atoms with van der Waals surface area (Å²) in [4.78, 5) is 16.2. The molecule has 1 aromatic carbocycles. The third kappa shape index (κ3) is 3.43. The van der Waals surface area contributed by atoms with Crippen LogP contribution in [0.15, 0.2) is 41.0 Å². The van der Waals surface area contributed by atoms with Crippen LogP contribution in [-0.4, -0.2) is 47.0 Å². The van der Waals surface area contributed by atoms with E-state index >= 15 is 0 Å². The molecular formula is C18H21N3O2S. The van der Waals surface area contributed by atoms with Crippen molar-refractivity contribution in [2.75, 3.05) is 31.5 Å². The van der Waals surface area contributed by atoms with Crippen molar-refractivity contribution >= 4 is 28.9 Å². The van der Waals surface area contributed by atoms with E-state index < -0.39 is 0 Å². The van der Waals surface area contributed by atoms with Gasteiger partial charge in [-0.2, -0.15) is 0 Å². The van der Waals surface area contributed by atoms with Crippen molar-refractivity contribution in [3.63, 3.8) is 0 Å². The molecule has 0 bridgehead atoms. The fraction of sp³-hybridized carbons (Fsp3) is 0.333. The molecule has 1 fully saturated rings. The van der Waals surface area contributed by atoms with Crippen molar-refractivity contribution in [2.45, 2.75) is 13.8 Å². The molecule has 2 aromatic rings. The fourth-order valence-corrected chi connectivity index (χ4v) is 3.15. The Bertz CT molecular complexity index is 714. The summed E-state index contributed by atoms with van der Waals surface area (Å²) < 4.78 is 5.19. The highest BCUT2D eigenvalue weighted by Gasteiger charge is 2.25. The van der Waals surface area contributed by atoms with E-state index in [0.29, 0.717) is 37.1 Å². The number of carbonyl (C=O) groups is 1. The Morgan fingerprint density at radius 3 is 2.25 bits per heavy atom. The summed E-state index contributed by atoms with van der Waals surface area (Å²) in [7, 11) is 0. The molecule has 126 valence electrons. The average molecular weight is 343 g/mol. The van der Waals surface area contributed by atoms with Gasteiger partial charge in [0.25, 0.3) is 5.91 Å². The molecule has 1 amide bonds. The maximum Gasteiger partial charge on any atom is 0.289 e. The van der Waals surface area contributed by atoms with Crippen molar-refractivity contribution in [1.82, 2.24) is 9.80 Å². The minimum absolute atomic E-state index is 0.0618. The van der Waals surface area contributed by atoms with Crippen LogP contribution in [0, 0.1) is 13.8 Å². The average Bonchev–Trinajstić information content (AvgIpc) is 3.12. The SMILES string of the molecule is Cc1cccc(C)c1NC(=S)N1CCN(C(=O)c2ccco2)CC1. The zero-order valence-electron chi connectivity index (χ0n) is 13.9. The number of hydrogen-bond acceptors (Lipinski definition) is 3. The Kier molecular flexibility index (Phi) is 4.85. The van der Waals surface area contributed by atoms with Crippen LogP contribution in [0.1, 0.15) is 21.7 Å². The first kappa shape index (κ1) is 16.5. The number of carbonyl (C=O) groups excluding carboxylic acids is 1. The van der Waals surface area contributed by atoms with Crippen molar-refractivity contribution in [1.29, 1.82) is 0 Å². The molecule has 1 aromatic heterocycles. The summed E-state index contributed by atoms with van der Waals surface area (Å²) in [5.41, 5.74) is 3.41. The van der Waals surface area contributed by atoms with Crippen LogP contribution in [0.5, 0.6) is 0 Å². The first-order chi connectivity index (χ1) is 11.6. The van der Waals surface area contributed by atoms with Gasteiger partial charge < -0.3 is 19.5 Å². The molecule has 0 radical (unpaired) electrons. The lowest BCUT2D eigenvalue weighted by Crippen LogP contribution is -2.51. The van der Waals surface area contributed by atoms with E-state index in [4.69, 9.17) is 16.6 Å². The topological polar surface area (TPSA) is 48.7 Å². The van der Waals surface area contributed by atoms with Gasteiger partial charge in [0, 0.05) is 31.9 Å². The molecule has 0 atom stereocenters. The normalized spacial score (nSPS) is 14.6. The molecule has 1 aliphatic heterocycles. The Hall–Kier alpha value is -2.34. The second kappa shape index (κ2) is 7.05. The molecule has 0 unspecified atom stereocenters. The van der Waals surface area contributed by atoms with E-state index in [9.17, 15) is 4.79 Å². The quantitative estimate of drug-likeness (QED) is 0.850. The smallest absolute Gasteiger partial charge is 0.289 e. The van der Waals surface area contributed by atoms with Crippen LogP contribution >= 0.6 is 12.2 Å². The highest BCUT2D eigenvalue weighted by atomic mass is 32.1. The number of nitrogens with zero attached hydrogens (tertiary/aromatic N) is 2. The van der Waals surface area contributed by atoms with Gasteiger partial charge in [-0.1, -0.05) is 18.2 Å². The van der Waals surface area contributed by atoms with Gasteiger partial charge in [0.2, 0.25) is 0 Å². The second-order valence-electron chi connectivity index (χ2n) is 5.95. The maximum absolute atomic E-state index is 12.3. The molecule has 1 aliphatic rings. The minimum atomic E-state index is -0.0618. The molecule has 5 nitrogen and oxygen atoms in total. The van der Waals surface area contributed by atoms with Crippen LogP contribution in [0.4, 0.5) is 5.69 Å². The van der Waals surface area contributed by atoms with Crippen LogP contribution in [0.2, 0.25) is 0 Å². The van der Waals surface area contributed by atoms with Gasteiger partial charge in [-0.15, -0.1) is 0 Å². The van der Waals surface area contributed by atoms with Gasteiger partial charge in [0.15, 0.2) is 10.9 Å². The Balaban J connectivity index is 1.58. The fourth-order valence-electron chi connectivity index (χ4n) is 2.87. The van der Waals surface area contributed by atoms with Crippen molar-refractivity contribution < 1.29 is 9.21 Å². The Morgan fingerprint density at radius 2 is 1.67 bits per heavy atom. The summed E-state index contributed by atoms with van der Waals surface area (Å²) in [5.74, 6) is 0.327. The summed E-state index contributed by atoms with van der Waals surface area (Å²) in [6, 6.07) is 9.60. The van der Waals surface area contributed by atoms with Gasteiger partial charge in [0.05, 0.1) is 6.26 Å². The monoisotopic (exact) mass is 343 g/mol. The van der Waals surface area contributed by atoms with E-state index in [2.05, 4.69) is 36.2 Å². The predicted molar refractivity (Wildman–Crippen MR) is 98.3 cm³/mol. The summed E-state index contributed by atoms with van der Waals surface area (Å²) in [6.07, 6.45) is 1.52. The van der Waals surface area contributed by atoms with Crippen molar-refractivity contribution in [2.24, 2.45) is 0 Å².